The summed E-state index contributed by atoms with van der Waals surface area (Å²) in [6.45, 7) is 0. The number of thioether (sulfide) groups is 1. The lowest BCUT2D eigenvalue weighted by Crippen LogP contribution is -2.42. The van der Waals surface area contributed by atoms with Crippen molar-refractivity contribution in [2.45, 2.75) is 22.6 Å². The molecule has 2 aliphatic carbocycles. The molecule has 1 saturated heterocycles. The molecule has 38 heavy (non-hydrogen) atoms. The first-order valence-electron chi connectivity index (χ1n) is 12.6. The molecule has 196 valence electrons. The maximum atomic E-state index is 13.9. The highest BCUT2D eigenvalue weighted by molar-refractivity contribution is 8.00. The van der Waals surface area contributed by atoms with E-state index in [2.05, 4.69) is 4.98 Å². The Morgan fingerprint density at radius 1 is 0.868 bits per heavy atom. The highest BCUT2D eigenvalue weighted by Crippen LogP contribution is 2.68. The second-order valence-electron chi connectivity index (χ2n) is 10.3. The van der Waals surface area contributed by atoms with Gasteiger partial charge >= 0.3 is 4.87 Å². The number of imide groups is 1. The molecule has 0 unspecified atom stereocenters. The number of nitrogens with zero attached hydrogens (tertiary/aromatic N) is 1. The Bertz CT molecular complexity index is 1510. The number of aromatic nitrogens is 1. The van der Waals surface area contributed by atoms with E-state index >= 15 is 0 Å². The van der Waals surface area contributed by atoms with Gasteiger partial charge in [0.2, 0.25) is 11.8 Å². The number of hydrogen-bond donors (Lipinski definition) is 1. The largest absolute Gasteiger partial charge is 0.497 e. The van der Waals surface area contributed by atoms with Gasteiger partial charge in [-0.1, -0.05) is 17.4 Å². The molecular formula is C28H26N2O6S2. The number of hydrogen-bond acceptors (Lipinski definition) is 8. The van der Waals surface area contributed by atoms with Gasteiger partial charge in [0.15, 0.2) is 11.5 Å². The molecule has 3 heterocycles. The van der Waals surface area contributed by atoms with Crippen LogP contribution in [-0.4, -0.2) is 43.4 Å². The van der Waals surface area contributed by atoms with Crippen LogP contribution in [0.5, 0.6) is 17.2 Å². The van der Waals surface area contributed by atoms with Crippen LogP contribution >= 0.6 is 23.1 Å². The number of thiazole rings is 1. The van der Waals surface area contributed by atoms with Gasteiger partial charge in [-0.2, -0.15) is 0 Å². The van der Waals surface area contributed by atoms with E-state index in [4.69, 9.17) is 14.2 Å². The molecule has 1 aromatic heterocycles. The number of fused-ring (bicyclic) bond motifs is 9. The fraction of sp³-hybridized carbons (Fsp3) is 0.393. The zero-order valence-electron chi connectivity index (χ0n) is 21.0. The topological polar surface area (TPSA) is 97.9 Å². The molecule has 4 aliphatic rings. The van der Waals surface area contributed by atoms with Crippen LogP contribution < -0.4 is 24.0 Å². The van der Waals surface area contributed by atoms with Gasteiger partial charge in [0.1, 0.15) is 5.75 Å². The van der Waals surface area contributed by atoms with Crippen molar-refractivity contribution in [3.63, 3.8) is 0 Å². The molecule has 10 heteroatoms. The number of amides is 2. The molecule has 3 fully saturated rings. The Labute approximate surface area is 227 Å². The van der Waals surface area contributed by atoms with Gasteiger partial charge in [0.25, 0.3) is 0 Å². The number of carbonyl (C=O) groups is 2. The molecule has 2 amide bonds. The Kier molecular flexibility index (Phi) is 5.42. The Hall–Kier alpha value is -3.24. The monoisotopic (exact) mass is 550 g/mol. The average Bonchev–Trinajstić information content (AvgIpc) is 3.67. The van der Waals surface area contributed by atoms with Crippen LogP contribution in [0.15, 0.2) is 52.3 Å². The van der Waals surface area contributed by atoms with Gasteiger partial charge in [-0.3, -0.25) is 19.3 Å². The summed E-state index contributed by atoms with van der Waals surface area (Å²) in [5.41, 5.74) is 1.62. The third kappa shape index (κ3) is 3.19. The first-order valence-corrected chi connectivity index (χ1v) is 14.3. The van der Waals surface area contributed by atoms with Crippen LogP contribution in [0.1, 0.15) is 22.8 Å². The van der Waals surface area contributed by atoms with Crippen molar-refractivity contribution in [2.24, 2.45) is 29.6 Å². The van der Waals surface area contributed by atoms with Crippen LogP contribution in [0.2, 0.25) is 0 Å². The minimum absolute atomic E-state index is 0.0469. The second kappa shape index (κ2) is 8.64. The number of carbonyl (C=O) groups excluding carboxylic acids is 2. The van der Waals surface area contributed by atoms with Gasteiger partial charge in [0.05, 0.1) is 43.9 Å². The number of rotatable bonds is 5. The molecule has 2 saturated carbocycles. The summed E-state index contributed by atoms with van der Waals surface area (Å²) in [6.07, 6.45) is 0.842. The molecular weight excluding hydrogens is 524 g/mol. The summed E-state index contributed by atoms with van der Waals surface area (Å²) in [6, 6.07) is 13.0. The highest BCUT2D eigenvalue weighted by Gasteiger charge is 2.69. The SMILES string of the molecule is COc1ccc(N2C(=O)[C@@H]3[C@H]4C[C@H]([C@H]5Sc6[nH]c(=O)sc6[C@@H](c6ccc(OC)c(OC)c6)[C@H]45)[C@@H]3C2=O)cc1. The molecule has 1 N–H and O–H groups in total. The summed E-state index contributed by atoms with van der Waals surface area (Å²) in [5.74, 6) is 1.20. The zero-order valence-corrected chi connectivity index (χ0v) is 22.6. The van der Waals surface area contributed by atoms with Crippen LogP contribution in [0.4, 0.5) is 5.69 Å². The van der Waals surface area contributed by atoms with E-state index in [0.717, 1.165) is 21.9 Å². The van der Waals surface area contributed by atoms with Gasteiger partial charge in [-0.05, 0) is 66.1 Å². The van der Waals surface area contributed by atoms with E-state index in [1.165, 1.54) is 16.2 Å². The van der Waals surface area contributed by atoms with Crippen molar-refractivity contribution in [3.8, 4) is 17.2 Å². The third-order valence-electron chi connectivity index (χ3n) is 8.82. The van der Waals surface area contributed by atoms with Gasteiger partial charge in [-0.15, -0.1) is 11.8 Å². The minimum Gasteiger partial charge on any atom is -0.497 e. The second-order valence-corrected chi connectivity index (χ2v) is 12.5. The lowest BCUT2D eigenvalue weighted by Gasteiger charge is -2.43. The molecule has 7 rings (SSSR count). The van der Waals surface area contributed by atoms with Crippen molar-refractivity contribution >= 4 is 40.6 Å². The average molecular weight is 551 g/mol. The van der Waals surface area contributed by atoms with Gasteiger partial charge in [-0.25, -0.2) is 0 Å². The maximum absolute atomic E-state index is 13.9. The minimum atomic E-state index is -0.351. The smallest absolute Gasteiger partial charge is 0.305 e. The molecule has 0 spiro atoms. The number of ether oxygens (including phenoxy) is 3. The van der Waals surface area contributed by atoms with Crippen molar-refractivity contribution < 1.29 is 23.8 Å². The van der Waals surface area contributed by atoms with Crippen LogP contribution in [0.3, 0.4) is 0 Å². The fourth-order valence-corrected chi connectivity index (χ4v) is 10.3. The number of aromatic amines is 1. The van der Waals surface area contributed by atoms with Gasteiger partial charge < -0.3 is 19.2 Å². The molecule has 3 aromatic rings. The highest BCUT2D eigenvalue weighted by atomic mass is 32.2. The van der Waals surface area contributed by atoms with E-state index in [0.29, 0.717) is 22.9 Å². The molecule has 0 radical (unpaired) electrons. The van der Waals surface area contributed by atoms with Crippen molar-refractivity contribution in [2.75, 3.05) is 26.2 Å². The first-order chi connectivity index (χ1) is 18.4. The van der Waals surface area contributed by atoms with E-state index < -0.39 is 0 Å². The number of anilines is 1. The number of methoxy groups -OCH3 is 3. The number of H-pyrrole nitrogens is 1. The predicted octanol–water partition coefficient (Wildman–Crippen LogP) is 4.14. The summed E-state index contributed by atoms with van der Waals surface area (Å²) < 4.78 is 16.3. The fourth-order valence-electron chi connectivity index (χ4n) is 7.42. The normalized spacial score (nSPS) is 30.7. The maximum Gasteiger partial charge on any atom is 0.305 e. The van der Waals surface area contributed by atoms with Crippen molar-refractivity contribution in [1.82, 2.24) is 4.98 Å². The van der Waals surface area contributed by atoms with E-state index in [1.807, 2.05) is 18.2 Å². The summed E-state index contributed by atoms with van der Waals surface area (Å²) in [5, 5.41) is 1.01. The molecule has 2 bridgehead atoms. The Morgan fingerprint density at radius 2 is 1.58 bits per heavy atom. The Balaban J connectivity index is 1.31. The lowest BCUT2D eigenvalue weighted by atomic mass is 9.68. The first kappa shape index (κ1) is 23.8. The molecule has 7 atom stereocenters. The Morgan fingerprint density at radius 3 is 2.26 bits per heavy atom. The summed E-state index contributed by atoms with van der Waals surface area (Å²) >= 11 is 2.92. The predicted molar refractivity (Wildman–Crippen MR) is 144 cm³/mol. The third-order valence-corrected chi connectivity index (χ3v) is 11.4. The summed E-state index contributed by atoms with van der Waals surface area (Å²) in [4.78, 5) is 45.4. The zero-order chi connectivity index (χ0) is 26.3. The van der Waals surface area contributed by atoms with Crippen LogP contribution in [0, 0.1) is 29.6 Å². The van der Waals surface area contributed by atoms with E-state index in [1.54, 1.807) is 57.4 Å². The van der Waals surface area contributed by atoms with Gasteiger partial charge in [0, 0.05) is 16.0 Å². The quantitative estimate of drug-likeness (QED) is 0.477. The van der Waals surface area contributed by atoms with Crippen LogP contribution in [-0.2, 0) is 9.59 Å². The number of benzene rings is 2. The summed E-state index contributed by atoms with van der Waals surface area (Å²) in [7, 11) is 4.80. The molecule has 2 aromatic carbocycles. The van der Waals surface area contributed by atoms with Crippen molar-refractivity contribution in [1.29, 1.82) is 0 Å². The van der Waals surface area contributed by atoms with Crippen molar-refractivity contribution in [3.05, 3.63) is 62.6 Å². The number of nitrogens with one attached hydrogen (secondary N) is 1. The lowest BCUT2D eigenvalue weighted by molar-refractivity contribution is -0.123. The molecule has 8 nitrogen and oxygen atoms in total. The van der Waals surface area contributed by atoms with Crippen LogP contribution in [0.25, 0.3) is 0 Å². The van der Waals surface area contributed by atoms with E-state index in [-0.39, 0.29) is 57.4 Å². The standard InChI is InChI=1S/C28H26N2O6S2/c1-34-14-7-5-13(6-8-14)30-26(31)21-15-11-16(22(21)27(30)32)23-20(15)19(24-25(37-23)29-28(33)38-24)12-4-9-17(35-2)18(10-12)36-3/h4-10,15-16,19-23H,11H2,1-3H3,(H,29,33)/t15-,16-,19-,20-,21+,22-,23+/m0/s1. The molecule has 2 aliphatic heterocycles. The van der Waals surface area contributed by atoms with E-state index in [9.17, 15) is 14.4 Å².